The summed E-state index contributed by atoms with van der Waals surface area (Å²) in [6.45, 7) is 1.38. The number of carbonyl (C=O) groups is 1. The molecule has 2 aromatic rings. The average molecular weight is 288 g/mol. The maximum Gasteiger partial charge on any atom is 0.230 e. The van der Waals surface area contributed by atoms with E-state index in [1.54, 1.807) is 0 Å². The maximum absolute atomic E-state index is 12.0. The molecule has 0 aliphatic carbocycles. The second kappa shape index (κ2) is 5.58. The van der Waals surface area contributed by atoms with Gasteiger partial charge in [-0.2, -0.15) is 5.10 Å². The number of piperidine rings is 1. The summed E-state index contributed by atoms with van der Waals surface area (Å²) < 4.78 is 2.47. The summed E-state index contributed by atoms with van der Waals surface area (Å²) in [4.78, 5) is 12.0. The molecule has 1 fully saturated rings. The molecule has 3 rings (SSSR count). The fourth-order valence-electron chi connectivity index (χ4n) is 2.53. The number of nitrogens with one attached hydrogen (secondary N) is 2. The number of carbonyl (C=O) groups excluding carboxylic acids is 1. The van der Waals surface area contributed by atoms with E-state index in [0.29, 0.717) is 11.3 Å². The molecular formula is C14H16N4OS. The van der Waals surface area contributed by atoms with Crippen LogP contribution in [0.15, 0.2) is 30.3 Å². The van der Waals surface area contributed by atoms with Crippen LogP contribution in [0.25, 0.3) is 0 Å². The van der Waals surface area contributed by atoms with Gasteiger partial charge in [-0.25, -0.2) is 0 Å². The Morgan fingerprint density at radius 3 is 2.90 bits per heavy atom. The Morgan fingerprint density at radius 2 is 2.15 bits per heavy atom. The first-order valence-corrected chi connectivity index (χ1v) is 7.13. The van der Waals surface area contributed by atoms with Crippen molar-refractivity contribution >= 4 is 18.1 Å². The highest BCUT2D eigenvalue weighted by atomic mass is 32.1. The summed E-state index contributed by atoms with van der Waals surface area (Å²) in [7, 11) is 0. The second-order valence-electron chi connectivity index (χ2n) is 4.94. The molecule has 6 heteroatoms. The first-order valence-electron chi connectivity index (χ1n) is 6.72. The number of rotatable bonds is 3. The lowest BCUT2D eigenvalue weighted by Crippen LogP contribution is -2.36. The number of benzene rings is 1. The standard InChI is InChI=1S/C14H16N4OS/c19-13-11(7-4-8-15-13)12-16-17-14(20)18(12)9-10-5-2-1-3-6-10/h1-3,5-6,11H,4,7-9H2,(H,15,19)(H,17,20)/t11-/m0/s1. The monoisotopic (exact) mass is 288 g/mol. The van der Waals surface area contributed by atoms with Crippen LogP contribution in [-0.4, -0.2) is 27.2 Å². The van der Waals surface area contributed by atoms with Crippen molar-refractivity contribution < 1.29 is 4.79 Å². The molecule has 1 aliphatic rings. The first-order chi connectivity index (χ1) is 9.75. The Hall–Kier alpha value is -1.95. The fraction of sp³-hybridized carbons (Fsp3) is 0.357. The number of H-pyrrole nitrogens is 1. The molecule has 2 heterocycles. The number of aromatic amines is 1. The molecule has 0 saturated carbocycles. The number of nitrogens with zero attached hydrogens (tertiary/aromatic N) is 2. The van der Waals surface area contributed by atoms with Gasteiger partial charge in [0, 0.05) is 6.54 Å². The summed E-state index contributed by atoms with van der Waals surface area (Å²) in [5.74, 6) is 0.566. The molecule has 0 radical (unpaired) electrons. The molecule has 1 aromatic heterocycles. The van der Waals surface area contributed by atoms with Crippen LogP contribution in [0.5, 0.6) is 0 Å². The summed E-state index contributed by atoms with van der Waals surface area (Å²) in [5.41, 5.74) is 1.14. The Balaban J connectivity index is 1.93. The Kier molecular flexibility index (Phi) is 3.64. The van der Waals surface area contributed by atoms with Crippen molar-refractivity contribution in [1.29, 1.82) is 0 Å². The van der Waals surface area contributed by atoms with Gasteiger partial charge in [0.15, 0.2) is 4.77 Å². The minimum Gasteiger partial charge on any atom is -0.355 e. The van der Waals surface area contributed by atoms with E-state index in [1.807, 2.05) is 34.9 Å². The van der Waals surface area contributed by atoms with Crippen LogP contribution in [0, 0.1) is 4.77 Å². The van der Waals surface area contributed by atoms with Crippen LogP contribution in [0.3, 0.4) is 0 Å². The van der Waals surface area contributed by atoms with E-state index >= 15 is 0 Å². The second-order valence-corrected chi connectivity index (χ2v) is 5.33. The molecule has 5 nitrogen and oxygen atoms in total. The molecule has 20 heavy (non-hydrogen) atoms. The molecular weight excluding hydrogens is 272 g/mol. The number of hydrogen-bond acceptors (Lipinski definition) is 3. The summed E-state index contributed by atoms with van der Waals surface area (Å²) >= 11 is 5.29. The molecule has 0 unspecified atom stereocenters. The topological polar surface area (TPSA) is 62.7 Å². The zero-order valence-corrected chi connectivity index (χ0v) is 11.8. The molecule has 1 amide bonds. The minimum absolute atomic E-state index is 0.0413. The molecule has 104 valence electrons. The van der Waals surface area contributed by atoms with Gasteiger partial charge in [-0.05, 0) is 30.6 Å². The van der Waals surface area contributed by atoms with E-state index in [1.165, 1.54) is 0 Å². The molecule has 0 spiro atoms. The lowest BCUT2D eigenvalue weighted by Gasteiger charge is -2.21. The van der Waals surface area contributed by atoms with Gasteiger partial charge in [0.1, 0.15) is 5.82 Å². The van der Waals surface area contributed by atoms with E-state index < -0.39 is 0 Å². The lowest BCUT2D eigenvalue weighted by atomic mass is 9.98. The van der Waals surface area contributed by atoms with Gasteiger partial charge in [0.25, 0.3) is 0 Å². The van der Waals surface area contributed by atoms with Crippen LogP contribution in [0.1, 0.15) is 30.1 Å². The fourth-order valence-corrected chi connectivity index (χ4v) is 2.74. The van der Waals surface area contributed by atoms with Crippen molar-refractivity contribution in [3.63, 3.8) is 0 Å². The normalized spacial score (nSPS) is 18.8. The van der Waals surface area contributed by atoms with Crippen LogP contribution < -0.4 is 5.32 Å². The highest BCUT2D eigenvalue weighted by Crippen LogP contribution is 2.23. The van der Waals surface area contributed by atoms with Gasteiger partial charge in [0.2, 0.25) is 5.91 Å². The van der Waals surface area contributed by atoms with Gasteiger partial charge in [-0.15, -0.1) is 0 Å². The average Bonchev–Trinajstić information content (AvgIpc) is 2.82. The number of amides is 1. The highest BCUT2D eigenvalue weighted by Gasteiger charge is 2.28. The molecule has 0 bridgehead atoms. The van der Waals surface area contributed by atoms with E-state index in [2.05, 4.69) is 15.5 Å². The minimum atomic E-state index is -0.208. The van der Waals surface area contributed by atoms with Crippen molar-refractivity contribution in [3.05, 3.63) is 46.5 Å². The Labute approximate surface area is 122 Å². The maximum atomic E-state index is 12.0. The van der Waals surface area contributed by atoms with Crippen LogP contribution in [-0.2, 0) is 11.3 Å². The number of aromatic nitrogens is 3. The highest BCUT2D eigenvalue weighted by molar-refractivity contribution is 7.71. The Morgan fingerprint density at radius 1 is 1.35 bits per heavy atom. The summed E-state index contributed by atoms with van der Waals surface area (Å²) in [6.07, 6.45) is 1.79. The third-order valence-electron chi connectivity index (χ3n) is 3.57. The Bertz CT molecular complexity index is 661. The molecule has 1 aromatic carbocycles. The molecule has 1 saturated heterocycles. The van der Waals surface area contributed by atoms with Gasteiger partial charge >= 0.3 is 0 Å². The van der Waals surface area contributed by atoms with E-state index in [4.69, 9.17) is 12.2 Å². The van der Waals surface area contributed by atoms with Gasteiger partial charge in [-0.3, -0.25) is 14.5 Å². The molecule has 1 atom stereocenters. The SMILES string of the molecule is O=C1NCCC[C@H]1c1n[nH]c(=S)n1Cc1ccccc1. The van der Waals surface area contributed by atoms with Gasteiger partial charge < -0.3 is 5.32 Å². The van der Waals surface area contributed by atoms with Crippen molar-refractivity contribution in [2.75, 3.05) is 6.54 Å². The van der Waals surface area contributed by atoms with Gasteiger partial charge in [0.05, 0.1) is 12.5 Å². The van der Waals surface area contributed by atoms with Crippen molar-refractivity contribution in [3.8, 4) is 0 Å². The zero-order valence-electron chi connectivity index (χ0n) is 11.0. The largest absolute Gasteiger partial charge is 0.355 e. The predicted molar refractivity (Wildman–Crippen MR) is 77.9 cm³/mol. The first kappa shape index (κ1) is 13.1. The van der Waals surface area contributed by atoms with Crippen LogP contribution in [0.2, 0.25) is 0 Å². The van der Waals surface area contributed by atoms with Crippen LogP contribution in [0.4, 0.5) is 0 Å². The quantitative estimate of drug-likeness (QED) is 0.849. The van der Waals surface area contributed by atoms with E-state index in [-0.39, 0.29) is 11.8 Å². The van der Waals surface area contributed by atoms with Crippen molar-refractivity contribution in [1.82, 2.24) is 20.1 Å². The summed E-state index contributed by atoms with van der Waals surface area (Å²) in [5, 5.41) is 9.97. The van der Waals surface area contributed by atoms with E-state index in [0.717, 1.165) is 30.8 Å². The number of hydrogen-bond donors (Lipinski definition) is 2. The third kappa shape index (κ3) is 2.51. The van der Waals surface area contributed by atoms with Gasteiger partial charge in [-0.1, -0.05) is 30.3 Å². The predicted octanol–water partition coefficient (Wildman–Crippen LogP) is 1.98. The molecule has 2 N–H and O–H groups in total. The van der Waals surface area contributed by atoms with E-state index in [9.17, 15) is 4.79 Å². The van der Waals surface area contributed by atoms with Crippen molar-refractivity contribution in [2.24, 2.45) is 0 Å². The van der Waals surface area contributed by atoms with Crippen molar-refractivity contribution in [2.45, 2.75) is 25.3 Å². The lowest BCUT2D eigenvalue weighted by molar-refractivity contribution is -0.124. The zero-order chi connectivity index (χ0) is 13.9. The third-order valence-corrected chi connectivity index (χ3v) is 3.88. The summed E-state index contributed by atoms with van der Waals surface area (Å²) in [6, 6.07) is 10.0. The molecule has 1 aliphatic heterocycles. The smallest absolute Gasteiger partial charge is 0.230 e. The van der Waals surface area contributed by atoms with Crippen LogP contribution >= 0.6 is 12.2 Å².